The van der Waals surface area contributed by atoms with Gasteiger partial charge in [-0.05, 0) is 20.8 Å². The van der Waals surface area contributed by atoms with Crippen molar-refractivity contribution in [3.63, 3.8) is 0 Å². The Morgan fingerprint density at radius 2 is 2.00 bits per heavy atom. The van der Waals surface area contributed by atoms with E-state index in [1.807, 2.05) is 62.7 Å². The number of anilines is 1. The number of carbonyl (C=O) groups is 1. The summed E-state index contributed by atoms with van der Waals surface area (Å²) in [6, 6.07) is 9.86. The summed E-state index contributed by atoms with van der Waals surface area (Å²) >= 11 is 1.37. The Hall–Kier alpha value is -2.87. The number of aromatic nitrogens is 5. The number of hydrogen-bond acceptors (Lipinski definition) is 5. The van der Waals surface area contributed by atoms with E-state index < -0.39 is 0 Å². The maximum Gasteiger partial charge on any atom is 0.237 e. The van der Waals surface area contributed by atoms with Crippen LogP contribution in [0.3, 0.4) is 0 Å². The third-order valence-corrected chi connectivity index (χ3v) is 5.55. The highest BCUT2D eigenvalue weighted by Crippen LogP contribution is 2.28. The second-order valence-corrected chi connectivity index (χ2v) is 7.80. The zero-order valence-electron chi connectivity index (χ0n) is 16.5. The summed E-state index contributed by atoms with van der Waals surface area (Å²) in [6.45, 7) is 10.1. The lowest BCUT2D eigenvalue weighted by molar-refractivity contribution is -0.115. The van der Waals surface area contributed by atoms with Crippen LogP contribution < -0.4 is 5.32 Å². The molecule has 0 unspecified atom stereocenters. The largest absolute Gasteiger partial charge is 0.322 e. The van der Waals surface area contributed by atoms with Gasteiger partial charge in [-0.1, -0.05) is 48.2 Å². The summed E-state index contributed by atoms with van der Waals surface area (Å²) in [6.07, 6.45) is 1.80. The van der Waals surface area contributed by atoms with E-state index in [1.54, 1.807) is 10.8 Å². The highest BCUT2D eigenvalue weighted by molar-refractivity contribution is 8.00. The van der Waals surface area contributed by atoms with Gasteiger partial charge in [0.1, 0.15) is 0 Å². The molecule has 0 aliphatic carbocycles. The Bertz CT molecular complexity index is 992. The number of aryl methyl sites for hydroxylation is 2. The Balaban J connectivity index is 1.80. The molecule has 3 aromatic rings. The van der Waals surface area contributed by atoms with Crippen LogP contribution in [0.4, 0.5) is 5.69 Å². The van der Waals surface area contributed by atoms with Crippen molar-refractivity contribution in [1.82, 2.24) is 24.5 Å². The first-order chi connectivity index (χ1) is 13.4. The minimum absolute atomic E-state index is 0.0985. The van der Waals surface area contributed by atoms with Gasteiger partial charge in [-0.2, -0.15) is 5.10 Å². The number of rotatable bonds is 7. The number of allylic oxidation sites excluding steroid dienone is 1. The van der Waals surface area contributed by atoms with Crippen LogP contribution in [-0.4, -0.2) is 35.7 Å². The van der Waals surface area contributed by atoms with Crippen molar-refractivity contribution in [2.75, 3.05) is 5.32 Å². The van der Waals surface area contributed by atoms with E-state index in [9.17, 15) is 4.79 Å². The molecule has 0 spiro atoms. The monoisotopic (exact) mass is 396 g/mol. The zero-order chi connectivity index (χ0) is 20.3. The first-order valence-electron chi connectivity index (χ1n) is 8.99. The lowest BCUT2D eigenvalue weighted by atomic mass is 10.2. The average molecular weight is 397 g/mol. The summed E-state index contributed by atoms with van der Waals surface area (Å²) in [5.74, 6) is 0.660. The first-order valence-corrected chi connectivity index (χ1v) is 9.87. The summed E-state index contributed by atoms with van der Waals surface area (Å²) in [4.78, 5) is 12.7. The van der Waals surface area contributed by atoms with Gasteiger partial charge in [0.2, 0.25) is 5.91 Å². The summed E-state index contributed by atoms with van der Waals surface area (Å²) < 4.78 is 3.73. The molecule has 2 heterocycles. The van der Waals surface area contributed by atoms with Gasteiger partial charge in [-0.15, -0.1) is 16.8 Å². The predicted molar refractivity (Wildman–Crippen MR) is 112 cm³/mol. The molecule has 1 aromatic carbocycles. The minimum Gasteiger partial charge on any atom is -0.322 e. The minimum atomic E-state index is -0.351. The molecule has 3 rings (SSSR count). The van der Waals surface area contributed by atoms with Gasteiger partial charge in [-0.25, -0.2) is 0 Å². The molecule has 0 bridgehead atoms. The smallest absolute Gasteiger partial charge is 0.237 e. The summed E-state index contributed by atoms with van der Waals surface area (Å²) in [5.41, 5.74) is 3.45. The molecular formula is C20H24N6OS. The Labute approximate surface area is 168 Å². The number of thioether (sulfide) groups is 1. The van der Waals surface area contributed by atoms with Crippen molar-refractivity contribution in [1.29, 1.82) is 0 Å². The van der Waals surface area contributed by atoms with Crippen LogP contribution in [0.5, 0.6) is 0 Å². The third-order valence-electron chi connectivity index (χ3n) is 4.47. The molecule has 2 aromatic heterocycles. The maximum atomic E-state index is 12.7. The van der Waals surface area contributed by atoms with Crippen molar-refractivity contribution in [3.8, 4) is 11.4 Å². The van der Waals surface area contributed by atoms with Crippen LogP contribution in [0.15, 0.2) is 48.1 Å². The van der Waals surface area contributed by atoms with Gasteiger partial charge < -0.3 is 5.32 Å². The number of hydrogen-bond donors (Lipinski definition) is 1. The molecule has 0 fully saturated rings. The fourth-order valence-corrected chi connectivity index (χ4v) is 3.72. The van der Waals surface area contributed by atoms with Crippen molar-refractivity contribution in [2.45, 2.75) is 37.7 Å². The highest BCUT2D eigenvalue weighted by atomic mass is 32.2. The van der Waals surface area contributed by atoms with Gasteiger partial charge in [0.25, 0.3) is 0 Å². The van der Waals surface area contributed by atoms with E-state index >= 15 is 0 Å². The molecule has 0 saturated carbocycles. The quantitative estimate of drug-likeness (QED) is 0.488. The fourth-order valence-electron chi connectivity index (χ4n) is 2.86. The number of benzene rings is 1. The second kappa shape index (κ2) is 8.43. The average Bonchev–Trinajstić information content (AvgIpc) is 3.18. The van der Waals surface area contributed by atoms with E-state index in [0.717, 1.165) is 28.5 Å². The van der Waals surface area contributed by atoms with Crippen LogP contribution in [-0.2, 0) is 18.4 Å². The molecule has 8 heteroatoms. The van der Waals surface area contributed by atoms with E-state index in [4.69, 9.17) is 0 Å². The Morgan fingerprint density at radius 1 is 1.29 bits per heavy atom. The van der Waals surface area contributed by atoms with Crippen molar-refractivity contribution in [2.24, 2.45) is 7.05 Å². The molecule has 0 saturated heterocycles. The number of nitrogens with one attached hydrogen (secondary N) is 1. The topological polar surface area (TPSA) is 77.6 Å². The molecule has 0 aliphatic heterocycles. The summed E-state index contributed by atoms with van der Waals surface area (Å²) in [5, 5.41) is 16.3. The number of nitrogens with zero attached hydrogens (tertiary/aromatic N) is 5. The molecule has 28 heavy (non-hydrogen) atoms. The molecule has 7 nitrogen and oxygen atoms in total. The second-order valence-electron chi connectivity index (χ2n) is 6.49. The molecule has 1 N–H and O–H groups in total. The van der Waals surface area contributed by atoms with Crippen molar-refractivity contribution >= 4 is 23.4 Å². The normalized spacial score (nSPS) is 12.0. The number of amides is 1. The van der Waals surface area contributed by atoms with Gasteiger partial charge in [0.15, 0.2) is 11.0 Å². The molecule has 1 amide bonds. The van der Waals surface area contributed by atoms with Crippen molar-refractivity contribution in [3.05, 3.63) is 54.4 Å². The van der Waals surface area contributed by atoms with Gasteiger partial charge in [0, 0.05) is 19.2 Å². The summed E-state index contributed by atoms with van der Waals surface area (Å²) in [7, 11) is 1.86. The van der Waals surface area contributed by atoms with E-state index in [0.29, 0.717) is 11.7 Å². The van der Waals surface area contributed by atoms with Crippen LogP contribution in [0, 0.1) is 13.8 Å². The molecule has 0 radical (unpaired) electrons. The first kappa shape index (κ1) is 19.9. The van der Waals surface area contributed by atoms with Gasteiger partial charge in [0.05, 0.1) is 22.3 Å². The van der Waals surface area contributed by atoms with Crippen LogP contribution in [0.1, 0.15) is 18.3 Å². The maximum absolute atomic E-state index is 12.7. The Kier molecular flexibility index (Phi) is 5.99. The lowest BCUT2D eigenvalue weighted by Crippen LogP contribution is -2.23. The third kappa shape index (κ3) is 4.01. The predicted octanol–water partition coefficient (Wildman–Crippen LogP) is 3.60. The molecule has 0 aliphatic rings. The van der Waals surface area contributed by atoms with Crippen LogP contribution in [0.25, 0.3) is 11.4 Å². The standard InChI is InChI=1S/C20H24N6OS/c1-6-12-26-18(16-10-8-7-9-11-16)22-23-20(26)28-15(4)19(27)21-17-13(2)24-25(5)14(17)3/h6-11,15H,1,12H2,2-5H3,(H,21,27)/t15-/m0/s1. The number of carbonyl (C=O) groups excluding carboxylic acids is 1. The van der Waals surface area contributed by atoms with E-state index in [-0.39, 0.29) is 11.2 Å². The fraction of sp³-hybridized carbons (Fsp3) is 0.300. The molecular weight excluding hydrogens is 372 g/mol. The Morgan fingerprint density at radius 3 is 2.61 bits per heavy atom. The zero-order valence-corrected chi connectivity index (χ0v) is 17.3. The van der Waals surface area contributed by atoms with Gasteiger partial charge >= 0.3 is 0 Å². The van der Waals surface area contributed by atoms with Crippen LogP contribution >= 0.6 is 11.8 Å². The SMILES string of the molecule is C=CCn1c(S[C@@H](C)C(=O)Nc2c(C)nn(C)c2C)nnc1-c1ccccc1. The van der Waals surface area contributed by atoms with E-state index in [1.165, 1.54) is 11.8 Å². The van der Waals surface area contributed by atoms with Crippen LogP contribution in [0.2, 0.25) is 0 Å². The van der Waals surface area contributed by atoms with E-state index in [2.05, 4.69) is 27.2 Å². The lowest BCUT2D eigenvalue weighted by Gasteiger charge is -2.13. The highest BCUT2D eigenvalue weighted by Gasteiger charge is 2.22. The van der Waals surface area contributed by atoms with Crippen molar-refractivity contribution < 1.29 is 4.79 Å². The molecule has 146 valence electrons. The molecule has 1 atom stereocenters. The van der Waals surface area contributed by atoms with Gasteiger partial charge in [-0.3, -0.25) is 14.0 Å².